The normalized spacial score (nSPS) is 13.3. The Balaban J connectivity index is 2.59. The second kappa shape index (κ2) is 7.81. The van der Waals surface area contributed by atoms with Crippen molar-refractivity contribution in [2.45, 2.75) is 45.1 Å². The highest BCUT2D eigenvalue weighted by molar-refractivity contribution is 7.99. The van der Waals surface area contributed by atoms with Crippen molar-refractivity contribution in [1.82, 2.24) is 5.32 Å². The maximum atomic E-state index is 5.26. The van der Waals surface area contributed by atoms with E-state index in [0.29, 0.717) is 6.04 Å². The first-order chi connectivity index (χ1) is 8.97. The zero-order valence-electron chi connectivity index (χ0n) is 12.8. The number of nitrogens with one attached hydrogen (secondary N) is 1. The highest BCUT2D eigenvalue weighted by atomic mass is 32.2. The summed E-state index contributed by atoms with van der Waals surface area (Å²) in [6, 6.07) is 8.80. The Morgan fingerprint density at radius 2 is 2.05 bits per heavy atom. The first kappa shape index (κ1) is 16.4. The molecule has 19 heavy (non-hydrogen) atoms. The quantitative estimate of drug-likeness (QED) is 0.757. The SMILES string of the molecule is CCCNC(CSc1cccc(OC)c1)C(C)(C)C. The Labute approximate surface area is 122 Å². The molecule has 0 spiro atoms. The lowest BCUT2D eigenvalue weighted by molar-refractivity contribution is 0.292. The van der Waals surface area contributed by atoms with E-state index in [-0.39, 0.29) is 5.41 Å². The number of hydrogen-bond donors (Lipinski definition) is 1. The topological polar surface area (TPSA) is 21.3 Å². The monoisotopic (exact) mass is 281 g/mol. The standard InChI is InChI=1S/C16H27NOS/c1-6-10-17-15(16(2,3)4)12-19-14-9-7-8-13(11-14)18-5/h7-9,11,15,17H,6,10,12H2,1-5H3. The van der Waals surface area contributed by atoms with E-state index < -0.39 is 0 Å². The molecule has 0 fully saturated rings. The molecule has 108 valence electrons. The Bertz CT molecular complexity index is 373. The van der Waals surface area contributed by atoms with Gasteiger partial charge in [0.05, 0.1) is 7.11 Å². The molecular formula is C16H27NOS. The van der Waals surface area contributed by atoms with Gasteiger partial charge in [-0.15, -0.1) is 11.8 Å². The Kier molecular flexibility index (Phi) is 6.73. The number of benzene rings is 1. The molecule has 1 atom stereocenters. The number of hydrogen-bond acceptors (Lipinski definition) is 3. The zero-order chi connectivity index (χ0) is 14.3. The summed E-state index contributed by atoms with van der Waals surface area (Å²) in [5, 5.41) is 3.66. The molecule has 0 aliphatic rings. The maximum Gasteiger partial charge on any atom is 0.119 e. The molecule has 1 unspecified atom stereocenters. The van der Waals surface area contributed by atoms with Crippen molar-refractivity contribution in [2.75, 3.05) is 19.4 Å². The van der Waals surface area contributed by atoms with Gasteiger partial charge in [0.1, 0.15) is 5.75 Å². The Hall–Kier alpha value is -0.670. The van der Waals surface area contributed by atoms with Crippen LogP contribution in [0.25, 0.3) is 0 Å². The Morgan fingerprint density at radius 1 is 1.32 bits per heavy atom. The van der Waals surface area contributed by atoms with Crippen molar-refractivity contribution in [1.29, 1.82) is 0 Å². The number of thioether (sulfide) groups is 1. The molecule has 0 aromatic heterocycles. The van der Waals surface area contributed by atoms with Crippen molar-refractivity contribution in [3.63, 3.8) is 0 Å². The molecule has 0 bridgehead atoms. The van der Waals surface area contributed by atoms with Crippen molar-refractivity contribution in [3.05, 3.63) is 24.3 Å². The molecule has 0 saturated carbocycles. The summed E-state index contributed by atoms with van der Waals surface area (Å²) in [7, 11) is 1.71. The fourth-order valence-electron chi connectivity index (χ4n) is 1.80. The van der Waals surface area contributed by atoms with E-state index in [4.69, 9.17) is 4.74 Å². The lowest BCUT2D eigenvalue weighted by atomic mass is 9.88. The fraction of sp³-hybridized carbons (Fsp3) is 0.625. The van der Waals surface area contributed by atoms with Crippen molar-refractivity contribution < 1.29 is 4.74 Å². The molecular weight excluding hydrogens is 254 g/mol. The predicted octanol–water partition coefficient (Wildman–Crippen LogP) is 4.20. The summed E-state index contributed by atoms with van der Waals surface area (Å²) in [5.41, 5.74) is 0.279. The van der Waals surface area contributed by atoms with Gasteiger partial charge in [-0.2, -0.15) is 0 Å². The van der Waals surface area contributed by atoms with Crippen LogP contribution < -0.4 is 10.1 Å². The third kappa shape index (κ3) is 5.87. The molecule has 0 saturated heterocycles. The minimum atomic E-state index is 0.279. The smallest absolute Gasteiger partial charge is 0.119 e. The van der Waals surface area contributed by atoms with Crippen molar-refractivity contribution in [2.24, 2.45) is 5.41 Å². The van der Waals surface area contributed by atoms with Gasteiger partial charge < -0.3 is 10.1 Å². The first-order valence-electron chi connectivity index (χ1n) is 6.97. The van der Waals surface area contributed by atoms with Crippen LogP contribution in [-0.2, 0) is 0 Å². The van der Waals surface area contributed by atoms with Crippen LogP contribution in [0.4, 0.5) is 0 Å². The summed E-state index contributed by atoms with van der Waals surface area (Å²) in [4.78, 5) is 1.27. The largest absolute Gasteiger partial charge is 0.497 e. The molecule has 0 radical (unpaired) electrons. The predicted molar refractivity (Wildman–Crippen MR) is 85.3 cm³/mol. The van der Waals surface area contributed by atoms with Gasteiger partial charge in [-0.3, -0.25) is 0 Å². The van der Waals surface area contributed by atoms with Crippen LogP contribution in [-0.4, -0.2) is 25.4 Å². The van der Waals surface area contributed by atoms with Crippen LogP contribution in [0.1, 0.15) is 34.1 Å². The number of ether oxygens (including phenoxy) is 1. The third-order valence-electron chi connectivity index (χ3n) is 3.14. The molecule has 1 rings (SSSR count). The summed E-state index contributed by atoms with van der Waals surface area (Å²) in [6.45, 7) is 10.2. The maximum absolute atomic E-state index is 5.26. The lowest BCUT2D eigenvalue weighted by Crippen LogP contribution is -2.42. The van der Waals surface area contributed by atoms with Gasteiger partial charge in [0, 0.05) is 16.7 Å². The molecule has 1 aromatic carbocycles. The van der Waals surface area contributed by atoms with Gasteiger partial charge in [0.2, 0.25) is 0 Å². The van der Waals surface area contributed by atoms with E-state index in [0.717, 1.165) is 18.0 Å². The molecule has 3 heteroatoms. The van der Waals surface area contributed by atoms with Gasteiger partial charge >= 0.3 is 0 Å². The van der Waals surface area contributed by atoms with Gasteiger partial charge in [-0.25, -0.2) is 0 Å². The van der Waals surface area contributed by atoms with Crippen LogP contribution in [0.2, 0.25) is 0 Å². The second-order valence-electron chi connectivity index (χ2n) is 5.86. The summed E-state index contributed by atoms with van der Waals surface area (Å²) >= 11 is 1.89. The number of rotatable bonds is 7. The van der Waals surface area contributed by atoms with E-state index in [1.165, 1.54) is 11.3 Å². The van der Waals surface area contributed by atoms with Gasteiger partial charge in [-0.05, 0) is 36.6 Å². The van der Waals surface area contributed by atoms with E-state index >= 15 is 0 Å². The summed E-state index contributed by atoms with van der Waals surface area (Å²) in [5.74, 6) is 2.01. The molecule has 1 aromatic rings. The van der Waals surface area contributed by atoms with Crippen LogP contribution in [0.5, 0.6) is 5.75 Å². The average molecular weight is 281 g/mol. The van der Waals surface area contributed by atoms with Crippen LogP contribution in [0, 0.1) is 5.41 Å². The van der Waals surface area contributed by atoms with Crippen LogP contribution in [0.15, 0.2) is 29.2 Å². The van der Waals surface area contributed by atoms with Gasteiger partial charge in [0.15, 0.2) is 0 Å². The lowest BCUT2D eigenvalue weighted by Gasteiger charge is -2.31. The molecule has 0 amide bonds. The highest BCUT2D eigenvalue weighted by Gasteiger charge is 2.23. The van der Waals surface area contributed by atoms with Gasteiger partial charge in [-0.1, -0.05) is 33.8 Å². The molecule has 1 N–H and O–H groups in total. The highest BCUT2D eigenvalue weighted by Crippen LogP contribution is 2.28. The molecule has 2 nitrogen and oxygen atoms in total. The number of methoxy groups -OCH3 is 1. The third-order valence-corrected chi connectivity index (χ3v) is 4.23. The first-order valence-corrected chi connectivity index (χ1v) is 7.96. The summed E-state index contributed by atoms with van der Waals surface area (Å²) in [6.07, 6.45) is 1.18. The second-order valence-corrected chi connectivity index (χ2v) is 6.96. The van der Waals surface area contributed by atoms with E-state index in [1.54, 1.807) is 7.11 Å². The van der Waals surface area contributed by atoms with Crippen molar-refractivity contribution >= 4 is 11.8 Å². The van der Waals surface area contributed by atoms with Gasteiger partial charge in [0.25, 0.3) is 0 Å². The molecule has 0 heterocycles. The minimum absolute atomic E-state index is 0.279. The minimum Gasteiger partial charge on any atom is -0.497 e. The Morgan fingerprint density at radius 3 is 2.63 bits per heavy atom. The van der Waals surface area contributed by atoms with Crippen LogP contribution >= 0.6 is 11.8 Å². The van der Waals surface area contributed by atoms with Crippen molar-refractivity contribution in [3.8, 4) is 5.75 Å². The summed E-state index contributed by atoms with van der Waals surface area (Å²) < 4.78 is 5.26. The molecule has 0 aliphatic heterocycles. The van der Waals surface area contributed by atoms with E-state index in [9.17, 15) is 0 Å². The zero-order valence-corrected chi connectivity index (χ0v) is 13.6. The van der Waals surface area contributed by atoms with E-state index in [1.807, 2.05) is 23.9 Å². The van der Waals surface area contributed by atoms with Crippen LogP contribution in [0.3, 0.4) is 0 Å². The fourth-order valence-corrected chi connectivity index (χ4v) is 3.16. The average Bonchev–Trinajstić information content (AvgIpc) is 2.37. The molecule has 0 aliphatic carbocycles. The van der Waals surface area contributed by atoms with E-state index in [2.05, 4.69) is 45.1 Å².